The van der Waals surface area contributed by atoms with Crippen molar-refractivity contribution >= 4 is 23.3 Å². The summed E-state index contributed by atoms with van der Waals surface area (Å²) in [6.07, 6.45) is 5.22. The molecule has 1 aliphatic carbocycles. The van der Waals surface area contributed by atoms with Gasteiger partial charge < -0.3 is 11.1 Å². The maximum Gasteiger partial charge on any atom is 0.0576 e. The average Bonchev–Trinajstić information content (AvgIpc) is 2.82. The van der Waals surface area contributed by atoms with Crippen molar-refractivity contribution in [1.29, 1.82) is 0 Å². The zero-order valence-electron chi connectivity index (χ0n) is 10.3. The minimum atomic E-state index is 0.615. The van der Waals surface area contributed by atoms with Gasteiger partial charge in [0.2, 0.25) is 0 Å². The minimum Gasteiger partial charge on any atom is -0.397 e. The Kier molecular flexibility index (Phi) is 4.57. The summed E-state index contributed by atoms with van der Waals surface area (Å²) in [6.45, 7) is 3.04. The van der Waals surface area contributed by atoms with Crippen LogP contribution in [-0.4, -0.2) is 12.6 Å². The quantitative estimate of drug-likeness (QED) is 0.555. The molecular weight excluding hydrogens is 230 g/mol. The van der Waals surface area contributed by atoms with Crippen LogP contribution in [-0.2, 0) is 0 Å². The van der Waals surface area contributed by atoms with E-state index in [1.165, 1.54) is 30.6 Å². The van der Waals surface area contributed by atoms with Crippen LogP contribution < -0.4 is 15.8 Å². The SMILES string of the molecule is CCNSc1ccc(NC2CCCC2)c(N)c1. The highest BCUT2D eigenvalue weighted by Gasteiger charge is 2.15. The van der Waals surface area contributed by atoms with Crippen molar-refractivity contribution in [2.24, 2.45) is 0 Å². The molecule has 4 N–H and O–H groups in total. The summed E-state index contributed by atoms with van der Waals surface area (Å²) in [5.74, 6) is 0. The van der Waals surface area contributed by atoms with E-state index in [-0.39, 0.29) is 0 Å². The highest BCUT2D eigenvalue weighted by Crippen LogP contribution is 2.28. The summed E-state index contributed by atoms with van der Waals surface area (Å²) >= 11 is 1.63. The molecule has 1 aliphatic rings. The van der Waals surface area contributed by atoms with Gasteiger partial charge in [0.25, 0.3) is 0 Å². The second-order valence-electron chi connectivity index (χ2n) is 4.47. The molecule has 2 rings (SSSR count). The summed E-state index contributed by atoms with van der Waals surface area (Å²) in [6, 6.07) is 6.85. The van der Waals surface area contributed by atoms with E-state index in [9.17, 15) is 0 Å². The van der Waals surface area contributed by atoms with Crippen LogP contribution in [0.3, 0.4) is 0 Å². The highest BCUT2D eigenvalue weighted by molar-refractivity contribution is 7.97. The lowest BCUT2D eigenvalue weighted by Crippen LogP contribution is -2.15. The topological polar surface area (TPSA) is 50.1 Å². The number of nitrogens with two attached hydrogens (primary N) is 1. The van der Waals surface area contributed by atoms with Crippen LogP contribution in [0, 0.1) is 0 Å². The van der Waals surface area contributed by atoms with Gasteiger partial charge in [0.05, 0.1) is 11.4 Å². The molecular formula is C13H21N3S. The number of anilines is 2. The van der Waals surface area contributed by atoms with Crippen molar-refractivity contribution in [3.8, 4) is 0 Å². The van der Waals surface area contributed by atoms with Gasteiger partial charge in [0.15, 0.2) is 0 Å². The molecule has 1 aromatic carbocycles. The number of rotatable bonds is 5. The van der Waals surface area contributed by atoms with Crippen LogP contribution in [0.5, 0.6) is 0 Å². The molecule has 0 atom stereocenters. The molecule has 0 heterocycles. The number of hydrogen-bond acceptors (Lipinski definition) is 4. The first-order valence-electron chi connectivity index (χ1n) is 6.35. The van der Waals surface area contributed by atoms with Crippen LogP contribution >= 0.6 is 11.9 Å². The van der Waals surface area contributed by atoms with Gasteiger partial charge in [-0.25, -0.2) is 0 Å². The second kappa shape index (κ2) is 6.17. The lowest BCUT2D eigenvalue weighted by molar-refractivity contribution is 0.756. The predicted molar refractivity (Wildman–Crippen MR) is 76.3 cm³/mol. The molecule has 0 bridgehead atoms. The van der Waals surface area contributed by atoms with E-state index < -0.39 is 0 Å². The second-order valence-corrected chi connectivity index (χ2v) is 5.44. The number of benzene rings is 1. The fourth-order valence-corrected chi connectivity index (χ4v) is 2.81. The van der Waals surface area contributed by atoms with E-state index in [4.69, 9.17) is 5.73 Å². The fourth-order valence-electron chi connectivity index (χ4n) is 2.18. The maximum absolute atomic E-state index is 6.07. The minimum absolute atomic E-state index is 0.615. The van der Waals surface area contributed by atoms with Crippen LogP contribution in [0.2, 0.25) is 0 Å². The first kappa shape index (κ1) is 12.6. The zero-order valence-corrected chi connectivity index (χ0v) is 11.1. The van der Waals surface area contributed by atoms with Gasteiger partial charge in [-0.3, -0.25) is 4.72 Å². The Morgan fingerprint density at radius 1 is 1.35 bits per heavy atom. The normalized spacial score (nSPS) is 16.3. The Labute approximate surface area is 108 Å². The van der Waals surface area contributed by atoms with Gasteiger partial charge in [-0.15, -0.1) is 0 Å². The summed E-state index contributed by atoms with van der Waals surface area (Å²) in [5, 5.41) is 3.54. The van der Waals surface area contributed by atoms with Crippen LogP contribution in [0.4, 0.5) is 11.4 Å². The average molecular weight is 251 g/mol. The third-order valence-electron chi connectivity index (χ3n) is 3.07. The lowest BCUT2D eigenvalue weighted by atomic mass is 10.2. The molecule has 94 valence electrons. The van der Waals surface area contributed by atoms with Crippen molar-refractivity contribution in [2.75, 3.05) is 17.6 Å². The van der Waals surface area contributed by atoms with Crippen molar-refractivity contribution in [1.82, 2.24) is 4.72 Å². The first-order valence-corrected chi connectivity index (χ1v) is 7.17. The molecule has 1 fully saturated rings. The van der Waals surface area contributed by atoms with Crippen LogP contribution in [0.1, 0.15) is 32.6 Å². The molecule has 0 aliphatic heterocycles. The van der Waals surface area contributed by atoms with Crippen molar-refractivity contribution < 1.29 is 0 Å². The molecule has 0 unspecified atom stereocenters. The number of nitrogens with one attached hydrogen (secondary N) is 2. The lowest BCUT2D eigenvalue weighted by Gasteiger charge is -2.16. The van der Waals surface area contributed by atoms with Gasteiger partial charge in [0.1, 0.15) is 0 Å². The predicted octanol–water partition coefficient (Wildman–Crippen LogP) is 3.24. The van der Waals surface area contributed by atoms with E-state index in [1.807, 2.05) is 6.07 Å². The Morgan fingerprint density at radius 2 is 2.12 bits per heavy atom. The van der Waals surface area contributed by atoms with E-state index >= 15 is 0 Å². The van der Waals surface area contributed by atoms with Crippen LogP contribution in [0.15, 0.2) is 23.1 Å². The Balaban J connectivity index is 1.98. The summed E-state index contributed by atoms with van der Waals surface area (Å²) in [7, 11) is 0. The molecule has 0 aromatic heterocycles. The smallest absolute Gasteiger partial charge is 0.0576 e. The van der Waals surface area contributed by atoms with Gasteiger partial charge in [-0.05, 0) is 43.0 Å². The van der Waals surface area contributed by atoms with E-state index in [0.717, 1.165) is 17.9 Å². The molecule has 1 saturated carbocycles. The molecule has 0 saturated heterocycles. The van der Waals surface area contributed by atoms with Crippen molar-refractivity contribution in [3.63, 3.8) is 0 Å². The van der Waals surface area contributed by atoms with Crippen molar-refractivity contribution in [2.45, 2.75) is 43.5 Å². The summed E-state index contributed by atoms with van der Waals surface area (Å²) in [4.78, 5) is 1.17. The molecule has 0 amide bonds. The van der Waals surface area contributed by atoms with Crippen LogP contribution in [0.25, 0.3) is 0 Å². The Hall–Kier alpha value is -0.870. The molecule has 4 heteroatoms. The summed E-state index contributed by atoms with van der Waals surface area (Å²) < 4.78 is 3.23. The zero-order chi connectivity index (χ0) is 12.1. The van der Waals surface area contributed by atoms with E-state index in [0.29, 0.717) is 6.04 Å². The highest BCUT2D eigenvalue weighted by atomic mass is 32.2. The Morgan fingerprint density at radius 3 is 2.76 bits per heavy atom. The largest absolute Gasteiger partial charge is 0.397 e. The third-order valence-corrected chi connectivity index (χ3v) is 3.99. The Bertz CT molecular complexity index is 362. The van der Waals surface area contributed by atoms with E-state index in [1.54, 1.807) is 11.9 Å². The monoisotopic (exact) mass is 251 g/mol. The van der Waals surface area contributed by atoms with Gasteiger partial charge in [0, 0.05) is 17.5 Å². The number of hydrogen-bond donors (Lipinski definition) is 3. The third kappa shape index (κ3) is 3.54. The number of nitrogen functional groups attached to an aromatic ring is 1. The molecule has 3 nitrogen and oxygen atoms in total. The van der Waals surface area contributed by atoms with Crippen molar-refractivity contribution in [3.05, 3.63) is 18.2 Å². The first-order chi connectivity index (χ1) is 8.29. The summed E-state index contributed by atoms with van der Waals surface area (Å²) in [5.41, 5.74) is 8.00. The standard InChI is InChI=1S/C13H21N3S/c1-2-15-17-11-7-8-13(12(14)9-11)16-10-5-3-4-6-10/h7-10,15-16H,2-6,14H2,1H3. The molecule has 1 aromatic rings. The van der Waals surface area contributed by atoms with Gasteiger partial charge in [-0.1, -0.05) is 19.8 Å². The molecule has 17 heavy (non-hydrogen) atoms. The van der Waals surface area contributed by atoms with Gasteiger partial charge >= 0.3 is 0 Å². The molecule has 0 spiro atoms. The van der Waals surface area contributed by atoms with E-state index in [2.05, 4.69) is 29.1 Å². The molecule has 0 radical (unpaired) electrons. The fraction of sp³-hybridized carbons (Fsp3) is 0.538. The van der Waals surface area contributed by atoms with Gasteiger partial charge in [-0.2, -0.15) is 0 Å². The maximum atomic E-state index is 6.07.